The molecular weight excluding hydrogens is 200 g/mol. The van der Waals surface area contributed by atoms with Crippen molar-refractivity contribution in [3.8, 4) is 0 Å². The van der Waals surface area contributed by atoms with Gasteiger partial charge in [-0.1, -0.05) is 6.42 Å². The maximum atomic E-state index is 5.92. The highest BCUT2D eigenvalue weighted by Gasteiger charge is 2.31. The van der Waals surface area contributed by atoms with Gasteiger partial charge >= 0.3 is 0 Å². The van der Waals surface area contributed by atoms with Crippen LogP contribution in [0.4, 0.5) is 0 Å². The van der Waals surface area contributed by atoms with Crippen LogP contribution in [-0.4, -0.2) is 49.8 Å². The molecule has 1 saturated carbocycles. The van der Waals surface area contributed by atoms with Gasteiger partial charge in [-0.2, -0.15) is 0 Å². The van der Waals surface area contributed by atoms with E-state index in [4.69, 9.17) is 4.74 Å². The van der Waals surface area contributed by atoms with E-state index < -0.39 is 0 Å². The number of hydrogen-bond acceptors (Lipinski definition) is 3. The van der Waals surface area contributed by atoms with Gasteiger partial charge in [-0.3, -0.25) is 4.90 Å². The fourth-order valence-electron chi connectivity index (χ4n) is 3.15. The molecule has 0 spiro atoms. The van der Waals surface area contributed by atoms with Gasteiger partial charge in [-0.05, 0) is 44.7 Å². The Morgan fingerprint density at radius 3 is 2.88 bits per heavy atom. The molecule has 16 heavy (non-hydrogen) atoms. The zero-order valence-electron chi connectivity index (χ0n) is 10.2. The van der Waals surface area contributed by atoms with Crippen molar-refractivity contribution in [2.75, 3.05) is 32.8 Å². The molecule has 0 radical (unpaired) electrons. The van der Waals surface area contributed by atoms with Gasteiger partial charge in [0, 0.05) is 19.1 Å². The molecule has 2 saturated heterocycles. The van der Waals surface area contributed by atoms with E-state index in [0.29, 0.717) is 6.10 Å². The summed E-state index contributed by atoms with van der Waals surface area (Å²) in [6.07, 6.45) is 7.48. The lowest BCUT2D eigenvalue weighted by atomic mass is 9.85. The molecule has 2 unspecified atom stereocenters. The SMILES string of the molecule is C1CC(CNCC2CN3CCCC3CO2)C1. The average Bonchev–Trinajstić information content (AvgIpc) is 2.68. The van der Waals surface area contributed by atoms with Crippen molar-refractivity contribution in [2.24, 2.45) is 5.92 Å². The molecule has 0 aromatic carbocycles. The summed E-state index contributed by atoms with van der Waals surface area (Å²) >= 11 is 0. The van der Waals surface area contributed by atoms with Crippen LogP contribution < -0.4 is 5.32 Å². The minimum Gasteiger partial charge on any atom is -0.374 e. The molecule has 0 aromatic rings. The number of rotatable bonds is 4. The van der Waals surface area contributed by atoms with Crippen molar-refractivity contribution in [2.45, 2.75) is 44.2 Å². The highest BCUT2D eigenvalue weighted by atomic mass is 16.5. The molecule has 3 aliphatic rings. The number of fused-ring (bicyclic) bond motifs is 1. The van der Waals surface area contributed by atoms with Crippen molar-refractivity contribution in [1.82, 2.24) is 10.2 Å². The summed E-state index contributed by atoms with van der Waals surface area (Å²) in [5, 5.41) is 3.59. The Hall–Kier alpha value is -0.120. The summed E-state index contributed by atoms with van der Waals surface area (Å²) < 4.78 is 5.92. The number of ether oxygens (including phenoxy) is 1. The van der Waals surface area contributed by atoms with Gasteiger partial charge < -0.3 is 10.1 Å². The number of morpholine rings is 1. The van der Waals surface area contributed by atoms with Crippen LogP contribution in [0.1, 0.15) is 32.1 Å². The predicted octanol–water partition coefficient (Wildman–Crippen LogP) is 1.24. The minimum atomic E-state index is 0.439. The second-order valence-electron chi connectivity index (χ2n) is 5.70. The lowest BCUT2D eigenvalue weighted by Gasteiger charge is -2.35. The summed E-state index contributed by atoms with van der Waals surface area (Å²) in [6, 6.07) is 0.739. The number of nitrogens with one attached hydrogen (secondary N) is 1. The fourth-order valence-corrected chi connectivity index (χ4v) is 3.15. The maximum absolute atomic E-state index is 5.92. The molecule has 1 aliphatic carbocycles. The van der Waals surface area contributed by atoms with E-state index in [-0.39, 0.29) is 0 Å². The molecular formula is C13H24N2O. The van der Waals surface area contributed by atoms with Gasteiger partial charge in [-0.15, -0.1) is 0 Å². The van der Waals surface area contributed by atoms with Gasteiger partial charge in [0.05, 0.1) is 12.7 Å². The molecule has 92 valence electrons. The van der Waals surface area contributed by atoms with Crippen LogP contribution in [0.15, 0.2) is 0 Å². The van der Waals surface area contributed by atoms with E-state index in [9.17, 15) is 0 Å². The van der Waals surface area contributed by atoms with Crippen LogP contribution >= 0.6 is 0 Å². The summed E-state index contributed by atoms with van der Waals surface area (Å²) in [5.41, 5.74) is 0. The van der Waals surface area contributed by atoms with Gasteiger partial charge in [0.2, 0.25) is 0 Å². The lowest BCUT2D eigenvalue weighted by molar-refractivity contribution is -0.0473. The van der Waals surface area contributed by atoms with Crippen LogP contribution in [0, 0.1) is 5.92 Å². The van der Waals surface area contributed by atoms with Crippen LogP contribution in [0.2, 0.25) is 0 Å². The second kappa shape index (κ2) is 5.03. The quantitative estimate of drug-likeness (QED) is 0.777. The minimum absolute atomic E-state index is 0.439. The van der Waals surface area contributed by atoms with E-state index in [0.717, 1.165) is 31.7 Å². The molecule has 0 aromatic heterocycles. The summed E-state index contributed by atoms with van der Waals surface area (Å²) in [5.74, 6) is 0.961. The second-order valence-corrected chi connectivity index (χ2v) is 5.70. The molecule has 2 atom stereocenters. The van der Waals surface area contributed by atoms with E-state index in [2.05, 4.69) is 10.2 Å². The molecule has 2 heterocycles. The van der Waals surface area contributed by atoms with Gasteiger partial charge in [0.15, 0.2) is 0 Å². The lowest BCUT2D eigenvalue weighted by Crippen LogP contribution is -2.49. The first kappa shape index (κ1) is 11.0. The molecule has 0 bridgehead atoms. The standard InChI is InChI=1S/C13H24N2O/c1-3-11(4-1)7-14-8-13-9-15-6-2-5-12(15)10-16-13/h11-14H,1-10H2. The third kappa shape index (κ3) is 2.41. The van der Waals surface area contributed by atoms with Gasteiger partial charge in [-0.25, -0.2) is 0 Å². The van der Waals surface area contributed by atoms with Gasteiger partial charge in [0.25, 0.3) is 0 Å². The molecule has 3 rings (SSSR count). The fraction of sp³-hybridized carbons (Fsp3) is 1.00. The van der Waals surface area contributed by atoms with Crippen LogP contribution in [-0.2, 0) is 4.74 Å². The first-order valence-corrected chi connectivity index (χ1v) is 6.98. The Balaban J connectivity index is 1.35. The van der Waals surface area contributed by atoms with E-state index >= 15 is 0 Å². The predicted molar refractivity (Wildman–Crippen MR) is 64.5 cm³/mol. The first-order valence-electron chi connectivity index (χ1n) is 6.98. The van der Waals surface area contributed by atoms with E-state index in [1.54, 1.807) is 0 Å². The van der Waals surface area contributed by atoms with Crippen molar-refractivity contribution < 1.29 is 4.74 Å². The van der Waals surface area contributed by atoms with Crippen LogP contribution in [0.25, 0.3) is 0 Å². The third-order valence-electron chi connectivity index (χ3n) is 4.49. The van der Waals surface area contributed by atoms with Crippen molar-refractivity contribution >= 4 is 0 Å². The summed E-state index contributed by atoms with van der Waals surface area (Å²) in [4.78, 5) is 2.62. The van der Waals surface area contributed by atoms with E-state index in [1.807, 2.05) is 0 Å². The molecule has 3 nitrogen and oxygen atoms in total. The normalized spacial score (nSPS) is 36.0. The first-order chi connectivity index (χ1) is 7.92. The van der Waals surface area contributed by atoms with Crippen molar-refractivity contribution in [3.05, 3.63) is 0 Å². The molecule has 2 aliphatic heterocycles. The molecule has 0 amide bonds. The maximum Gasteiger partial charge on any atom is 0.0826 e. The zero-order chi connectivity index (χ0) is 10.8. The number of nitrogens with zero attached hydrogens (tertiary/aromatic N) is 1. The monoisotopic (exact) mass is 224 g/mol. The largest absolute Gasteiger partial charge is 0.374 e. The summed E-state index contributed by atoms with van der Waals surface area (Å²) in [7, 11) is 0. The van der Waals surface area contributed by atoms with E-state index in [1.165, 1.54) is 45.2 Å². The van der Waals surface area contributed by atoms with Gasteiger partial charge in [0.1, 0.15) is 0 Å². The topological polar surface area (TPSA) is 24.5 Å². The molecule has 3 heteroatoms. The Morgan fingerprint density at radius 2 is 2.06 bits per heavy atom. The highest BCUT2D eigenvalue weighted by Crippen LogP contribution is 2.25. The van der Waals surface area contributed by atoms with Crippen molar-refractivity contribution in [1.29, 1.82) is 0 Å². The Bertz CT molecular complexity index is 230. The Labute approximate surface area is 98.5 Å². The molecule has 3 fully saturated rings. The van der Waals surface area contributed by atoms with Crippen molar-refractivity contribution in [3.63, 3.8) is 0 Å². The third-order valence-corrected chi connectivity index (χ3v) is 4.49. The Kier molecular flexibility index (Phi) is 3.46. The summed E-state index contributed by atoms with van der Waals surface area (Å²) in [6.45, 7) is 5.69. The number of hydrogen-bond donors (Lipinski definition) is 1. The smallest absolute Gasteiger partial charge is 0.0826 e. The Morgan fingerprint density at radius 1 is 1.12 bits per heavy atom. The zero-order valence-corrected chi connectivity index (χ0v) is 10.2. The average molecular weight is 224 g/mol. The van der Waals surface area contributed by atoms with Crippen LogP contribution in [0.5, 0.6) is 0 Å². The molecule has 1 N–H and O–H groups in total. The van der Waals surface area contributed by atoms with Crippen LogP contribution in [0.3, 0.4) is 0 Å². The highest BCUT2D eigenvalue weighted by molar-refractivity contribution is 4.86.